The third kappa shape index (κ3) is 2.52. The number of thioether (sulfide) groups is 1. The zero-order chi connectivity index (χ0) is 10.7. The van der Waals surface area contributed by atoms with Crippen molar-refractivity contribution in [3.8, 4) is 0 Å². The highest BCUT2D eigenvalue weighted by molar-refractivity contribution is 7.99. The minimum atomic E-state index is 0.0338. The molecule has 1 fully saturated rings. The van der Waals surface area contributed by atoms with Gasteiger partial charge in [-0.1, -0.05) is 0 Å². The summed E-state index contributed by atoms with van der Waals surface area (Å²) in [4.78, 5) is 0. The molecule has 3 N–H and O–H groups in total. The van der Waals surface area contributed by atoms with E-state index in [0.29, 0.717) is 0 Å². The summed E-state index contributed by atoms with van der Waals surface area (Å²) in [5.41, 5.74) is 3.89. The predicted molar refractivity (Wildman–Crippen MR) is 60.3 cm³/mol. The van der Waals surface area contributed by atoms with Gasteiger partial charge in [0.25, 0.3) is 0 Å². The Morgan fingerprint density at radius 1 is 1.80 bits per heavy atom. The van der Waals surface area contributed by atoms with Crippen molar-refractivity contribution in [2.75, 3.05) is 18.1 Å². The van der Waals surface area contributed by atoms with Gasteiger partial charge in [0.2, 0.25) is 0 Å². The van der Waals surface area contributed by atoms with Crippen LogP contribution < -0.4 is 11.3 Å². The minimum absolute atomic E-state index is 0.0338. The van der Waals surface area contributed by atoms with Gasteiger partial charge in [-0.15, -0.1) is 0 Å². The van der Waals surface area contributed by atoms with Crippen LogP contribution in [0.1, 0.15) is 11.6 Å². The van der Waals surface area contributed by atoms with E-state index in [9.17, 15) is 0 Å². The molecule has 84 valence electrons. The molecule has 0 bridgehead atoms. The monoisotopic (exact) mass is 228 g/mol. The fraction of sp³-hybridized carbons (Fsp3) is 0.667. The number of nitrogens with two attached hydrogens (primary N) is 1. The number of aryl methyl sites for hydroxylation is 1. The molecule has 0 aliphatic carbocycles. The molecule has 15 heavy (non-hydrogen) atoms. The molecule has 1 saturated heterocycles. The van der Waals surface area contributed by atoms with E-state index < -0.39 is 0 Å². The lowest BCUT2D eigenvalue weighted by atomic mass is 10.1. The Morgan fingerprint density at radius 3 is 3.20 bits per heavy atom. The van der Waals surface area contributed by atoms with E-state index in [0.717, 1.165) is 23.7 Å². The number of aromatic nitrogens is 2. The van der Waals surface area contributed by atoms with Crippen molar-refractivity contribution in [1.82, 2.24) is 15.2 Å². The number of rotatable bonds is 3. The lowest BCUT2D eigenvalue weighted by Crippen LogP contribution is -2.41. The summed E-state index contributed by atoms with van der Waals surface area (Å²) in [5.74, 6) is 7.61. The van der Waals surface area contributed by atoms with Crippen LogP contribution in [-0.2, 0) is 11.8 Å². The number of hydrazine groups is 1. The first kappa shape index (κ1) is 10.9. The molecule has 0 amide bonds. The van der Waals surface area contributed by atoms with Crippen LogP contribution in [0.15, 0.2) is 12.4 Å². The van der Waals surface area contributed by atoms with Crippen LogP contribution in [0.4, 0.5) is 0 Å². The van der Waals surface area contributed by atoms with E-state index >= 15 is 0 Å². The van der Waals surface area contributed by atoms with Crippen LogP contribution in [0.5, 0.6) is 0 Å². The summed E-state index contributed by atoms with van der Waals surface area (Å²) in [6.07, 6.45) is 3.93. The number of ether oxygens (including phenoxy) is 1. The van der Waals surface area contributed by atoms with Gasteiger partial charge in [-0.05, 0) is 0 Å². The fourth-order valence-corrected chi connectivity index (χ4v) is 2.62. The van der Waals surface area contributed by atoms with Crippen molar-refractivity contribution in [2.24, 2.45) is 12.9 Å². The second-order valence-electron chi connectivity index (χ2n) is 3.58. The first-order chi connectivity index (χ1) is 7.31. The highest BCUT2D eigenvalue weighted by atomic mass is 32.2. The smallest absolute Gasteiger partial charge is 0.0874 e. The maximum Gasteiger partial charge on any atom is 0.0874 e. The first-order valence-corrected chi connectivity index (χ1v) is 6.10. The molecular weight excluding hydrogens is 212 g/mol. The van der Waals surface area contributed by atoms with Gasteiger partial charge >= 0.3 is 0 Å². The topological polar surface area (TPSA) is 65.1 Å². The Bertz CT molecular complexity index is 311. The molecule has 0 radical (unpaired) electrons. The number of hydrogen-bond donors (Lipinski definition) is 2. The molecule has 1 aromatic heterocycles. The van der Waals surface area contributed by atoms with Crippen molar-refractivity contribution in [3.05, 3.63) is 18.0 Å². The Labute approximate surface area is 93.3 Å². The normalized spacial score (nSPS) is 24.0. The molecule has 1 aliphatic heterocycles. The first-order valence-electron chi connectivity index (χ1n) is 4.95. The van der Waals surface area contributed by atoms with E-state index in [4.69, 9.17) is 10.6 Å². The molecule has 2 unspecified atom stereocenters. The third-order valence-corrected chi connectivity index (χ3v) is 3.50. The van der Waals surface area contributed by atoms with E-state index in [-0.39, 0.29) is 12.1 Å². The Kier molecular flexibility index (Phi) is 3.63. The van der Waals surface area contributed by atoms with Crippen LogP contribution >= 0.6 is 11.8 Å². The number of nitrogens with zero attached hydrogens (tertiary/aromatic N) is 2. The molecule has 6 heteroatoms. The molecule has 0 aromatic carbocycles. The zero-order valence-electron chi connectivity index (χ0n) is 8.72. The van der Waals surface area contributed by atoms with Gasteiger partial charge < -0.3 is 4.74 Å². The molecule has 2 rings (SSSR count). The lowest BCUT2D eigenvalue weighted by Gasteiger charge is -2.28. The average Bonchev–Trinajstić information content (AvgIpc) is 2.68. The van der Waals surface area contributed by atoms with Gasteiger partial charge in [-0.3, -0.25) is 16.0 Å². The highest BCUT2D eigenvalue weighted by Gasteiger charge is 2.26. The standard InChI is InChI=1S/C9H16N4OS/c1-13-5-7(4-11-13)9(12-10)8-6-15-3-2-14-8/h4-5,8-9,12H,2-3,6,10H2,1H3. The maximum atomic E-state index is 5.69. The average molecular weight is 228 g/mol. The molecule has 5 nitrogen and oxygen atoms in total. The van der Waals surface area contributed by atoms with Gasteiger partial charge in [-0.25, -0.2) is 0 Å². The predicted octanol–water partition coefficient (Wildman–Crippen LogP) is 0.0565. The summed E-state index contributed by atoms with van der Waals surface area (Å²) in [6, 6.07) is 0.0338. The second kappa shape index (κ2) is 4.98. The van der Waals surface area contributed by atoms with Crippen LogP contribution in [0.2, 0.25) is 0 Å². The summed E-state index contributed by atoms with van der Waals surface area (Å²) in [6.45, 7) is 0.799. The van der Waals surface area contributed by atoms with Gasteiger partial charge in [0.1, 0.15) is 0 Å². The second-order valence-corrected chi connectivity index (χ2v) is 4.73. The molecule has 1 aromatic rings. The van der Waals surface area contributed by atoms with Crippen LogP contribution in [0.3, 0.4) is 0 Å². The van der Waals surface area contributed by atoms with Gasteiger partial charge in [0, 0.05) is 30.3 Å². The SMILES string of the molecule is Cn1cc(C(NN)C2CSCCO2)cn1. The molecule has 1 aliphatic rings. The molecule has 0 saturated carbocycles. The third-order valence-electron chi connectivity index (χ3n) is 2.48. The van der Waals surface area contributed by atoms with Crippen molar-refractivity contribution >= 4 is 11.8 Å². The van der Waals surface area contributed by atoms with Crippen LogP contribution in [0.25, 0.3) is 0 Å². The maximum absolute atomic E-state index is 5.69. The van der Waals surface area contributed by atoms with Crippen molar-refractivity contribution < 1.29 is 4.74 Å². The highest BCUT2D eigenvalue weighted by Crippen LogP contribution is 2.24. The quantitative estimate of drug-likeness (QED) is 0.565. The van der Waals surface area contributed by atoms with E-state index in [1.807, 2.05) is 31.2 Å². The Hall–Kier alpha value is -0.560. The molecule has 0 spiro atoms. The Morgan fingerprint density at radius 2 is 2.67 bits per heavy atom. The summed E-state index contributed by atoms with van der Waals surface area (Å²) in [5, 5.41) is 4.14. The zero-order valence-corrected chi connectivity index (χ0v) is 9.54. The number of nitrogens with one attached hydrogen (secondary N) is 1. The Balaban J connectivity index is 2.08. The van der Waals surface area contributed by atoms with Gasteiger partial charge in [0.15, 0.2) is 0 Å². The van der Waals surface area contributed by atoms with Crippen molar-refractivity contribution in [3.63, 3.8) is 0 Å². The van der Waals surface area contributed by atoms with Crippen molar-refractivity contribution in [1.29, 1.82) is 0 Å². The molecule has 2 heterocycles. The summed E-state index contributed by atoms with van der Waals surface area (Å²) < 4.78 is 7.47. The number of hydrogen-bond acceptors (Lipinski definition) is 5. The molecule has 2 atom stereocenters. The van der Waals surface area contributed by atoms with Crippen LogP contribution in [0, 0.1) is 0 Å². The summed E-state index contributed by atoms with van der Waals surface area (Å²) >= 11 is 1.90. The molecular formula is C9H16N4OS. The minimum Gasteiger partial charge on any atom is -0.374 e. The van der Waals surface area contributed by atoms with E-state index in [2.05, 4.69) is 10.5 Å². The lowest BCUT2D eigenvalue weighted by molar-refractivity contribution is 0.0468. The van der Waals surface area contributed by atoms with E-state index in [1.54, 1.807) is 4.68 Å². The van der Waals surface area contributed by atoms with E-state index in [1.165, 1.54) is 0 Å². The summed E-state index contributed by atoms with van der Waals surface area (Å²) in [7, 11) is 1.90. The largest absolute Gasteiger partial charge is 0.374 e. The van der Waals surface area contributed by atoms with Gasteiger partial charge in [0.05, 0.1) is 24.9 Å². The van der Waals surface area contributed by atoms with Crippen LogP contribution in [-0.4, -0.2) is 34.0 Å². The van der Waals surface area contributed by atoms with Gasteiger partial charge in [-0.2, -0.15) is 16.9 Å². The van der Waals surface area contributed by atoms with Crippen molar-refractivity contribution in [2.45, 2.75) is 12.1 Å². The fourth-order valence-electron chi connectivity index (χ4n) is 1.72.